The summed E-state index contributed by atoms with van der Waals surface area (Å²) < 4.78 is 17.9. The Bertz CT molecular complexity index is 436. The highest BCUT2D eigenvalue weighted by molar-refractivity contribution is 5.75. The highest BCUT2D eigenvalue weighted by Gasteiger charge is 2.15. The number of nitrogens with zero attached hydrogens (tertiary/aromatic N) is 1. The van der Waals surface area contributed by atoms with Crippen LogP contribution < -0.4 is 10.1 Å². The van der Waals surface area contributed by atoms with E-state index < -0.39 is 10.7 Å². The van der Waals surface area contributed by atoms with Crippen molar-refractivity contribution in [3.8, 4) is 5.75 Å². The van der Waals surface area contributed by atoms with Crippen LogP contribution in [-0.4, -0.2) is 24.5 Å². The summed E-state index contributed by atoms with van der Waals surface area (Å²) in [6, 6.07) is 2.91. The molecule has 0 heterocycles. The van der Waals surface area contributed by atoms with E-state index in [1.165, 1.54) is 7.05 Å². The number of ether oxygens (including phenoxy) is 1. The summed E-state index contributed by atoms with van der Waals surface area (Å²) in [5.41, 5.74) is -0.330. The van der Waals surface area contributed by atoms with E-state index in [-0.39, 0.29) is 30.4 Å². The third-order valence-electron chi connectivity index (χ3n) is 1.98. The maximum atomic E-state index is 12.9. The van der Waals surface area contributed by atoms with E-state index in [4.69, 9.17) is 4.74 Å². The summed E-state index contributed by atoms with van der Waals surface area (Å²) in [4.78, 5) is 20.8. The Hall–Kier alpha value is -2.18. The van der Waals surface area contributed by atoms with Crippen LogP contribution in [0.4, 0.5) is 10.1 Å². The number of nitrogens with one attached hydrogen (secondary N) is 1. The molecule has 6 nitrogen and oxygen atoms in total. The van der Waals surface area contributed by atoms with Crippen LogP contribution in [0.3, 0.4) is 0 Å². The Morgan fingerprint density at radius 2 is 2.29 bits per heavy atom. The van der Waals surface area contributed by atoms with Gasteiger partial charge in [0, 0.05) is 19.2 Å². The SMILES string of the molecule is CNC(=O)CCOc1cc(F)ccc1[N+](=O)[O-]. The van der Waals surface area contributed by atoms with Crippen LogP contribution >= 0.6 is 0 Å². The number of halogens is 1. The van der Waals surface area contributed by atoms with Crippen LogP contribution in [0, 0.1) is 15.9 Å². The fourth-order valence-corrected chi connectivity index (χ4v) is 1.13. The van der Waals surface area contributed by atoms with Crippen molar-refractivity contribution < 1.29 is 18.8 Å². The van der Waals surface area contributed by atoms with Crippen LogP contribution in [-0.2, 0) is 4.79 Å². The smallest absolute Gasteiger partial charge is 0.311 e. The first kappa shape index (κ1) is 12.9. The summed E-state index contributed by atoms with van der Waals surface area (Å²) in [5, 5.41) is 13.0. The Balaban J connectivity index is 2.72. The van der Waals surface area contributed by atoms with Gasteiger partial charge in [0.05, 0.1) is 18.0 Å². The number of carbonyl (C=O) groups excluding carboxylic acids is 1. The third-order valence-corrected chi connectivity index (χ3v) is 1.98. The lowest BCUT2D eigenvalue weighted by Gasteiger charge is -2.06. The maximum absolute atomic E-state index is 12.9. The number of amides is 1. The van der Waals surface area contributed by atoms with Gasteiger partial charge in [-0.15, -0.1) is 0 Å². The Morgan fingerprint density at radius 1 is 1.59 bits per heavy atom. The molecule has 0 saturated carbocycles. The summed E-state index contributed by atoms with van der Waals surface area (Å²) in [7, 11) is 1.47. The first-order valence-corrected chi connectivity index (χ1v) is 4.82. The van der Waals surface area contributed by atoms with E-state index in [1.807, 2.05) is 0 Å². The molecule has 1 amide bonds. The van der Waals surface area contributed by atoms with Crippen LogP contribution in [0.1, 0.15) is 6.42 Å². The number of nitro groups is 1. The van der Waals surface area contributed by atoms with Crippen molar-refractivity contribution in [2.45, 2.75) is 6.42 Å². The average Bonchev–Trinajstić information content (AvgIpc) is 2.28. The molecule has 0 fully saturated rings. The topological polar surface area (TPSA) is 81.5 Å². The van der Waals surface area contributed by atoms with Crippen molar-refractivity contribution in [1.82, 2.24) is 5.32 Å². The van der Waals surface area contributed by atoms with Gasteiger partial charge in [0.1, 0.15) is 5.82 Å². The predicted molar refractivity (Wildman–Crippen MR) is 57.2 cm³/mol. The molecular weight excluding hydrogens is 231 g/mol. The highest BCUT2D eigenvalue weighted by Crippen LogP contribution is 2.27. The quantitative estimate of drug-likeness (QED) is 0.622. The molecule has 0 radical (unpaired) electrons. The largest absolute Gasteiger partial charge is 0.486 e. The first-order chi connectivity index (χ1) is 8.04. The van der Waals surface area contributed by atoms with Crippen molar-refractivity contribution in [2.75, 3.05) is 13.7 Å². The fraction of sp³-hybridized carbons (Fsp3) is 0.300. The molecule has 1 aromatic rings. The molecule has 17 heavy (non-hydrogen) atoms. The van der Waals surface area contributed by atoms with Crippen molar-refractivity contribution >= 4 is 11.6 Å². The van der Waals surface area contributed by atoms with Crippen LogP contribution in [0.15, 0.2) is 18.2 Å². The van der Waals surface area contributed by atoms with Crippen LogP contribution in [0.5, 0.6) is 5.75 Å². The molecule has 1 rings (SSSR count). The summed E-state index contributed by atoms with van der Waals surface area (Å²) >= 11 is 0. The van der Waals surface area contributed by atoms with Crippen molar-refractivity contribution in [3.05, 3.63) is 34.1 Å². The number of benzene rings is 1. The van der Waals surface area contributed by atoms with Gasteiger partial charge in [0.25, 0.3) is 0 Å². The third kappa shape index (κ3) is 3.71. The molecule has 0 aliphatic heterocycles. The molecule has 0 aliphatic carbocycles. The maximum Gasteiger partial charge on any atom is 0.311 e. The average molecular weight is 242 g/mol. The number of carbonyl (C=O) groups is 1. The van der Waals surface area contributed by atoms with Gasteiger partial charge in [0.2, 0.25) is 5.91 Å². The fourth-order valence-electron chi connectivity index (χ4n) is 1.13. The second-order valence-corrected chi connectivity index (χ2v) is 3.14. The Morgan fingerprint density at radius 3 is 2.88 bits per heavy atom. The number of hydrogen-bond acceptors (Lipinski definition) is 4. The van der Waals surface area contributed by atoms with Gasteiger partial charge in [-0.3, -0.25) is 14.9 Å². The predicted octanol–water partition coefficient (Wildman–Crippen LogP) is 1.25. The minimum atomic E-state index is -0.672. The Kier molecular flexibility index (Phi) is 4.38. The molecule has 7 heteroatoms. The standard InChI is InChI=1S/C10H11FN2O4/c1-12-10(14)4-5-17-9-6-7(11)2-3-8(9)13(15)16/h2-3,6H,4-5H2,1H3,(H,12,14). The normalized spacial score (nSPS) is 9.76. The summed E-state index contributed by atoms with van der Waals surface area (Å²) in [5.74, 6) is -1.08. The second-order valence-electron chi connectivity index (χ2n) is 3.14. The molecule has 0 atom stereocenters. The van der Waals surface area contributed by atoms with E-state index in [1.54, 1.807) is 0 Å². The molecule has 0 aromatic heterocycles. The van der Waals surface area contributed by atoms with E-state index in [2.05, 4.69) is 5.32 Å². The molecule has 1 aromatic carbocycles. The zero-order valence-electron chi connectivity index (χ0n) is 9.10. The van der Waals surface area contributed by atoms with Gasteiger partial charge in [-0.05, 0) is 6.07 Å². The number of rotatable bonds is 5. The van der Waals surface area contributed by atoms with Gasteiger partial charge in [-0.1, -0.05) is 0 Å². The summed E-state index contributed by atoms with van der Waals surface area (Å²) in [6.45, 7) is -0.0516. The van der Waals surface area contributed by atoms with Gasteiger partial charge in [-0.2, -0.15) is 0 Å². The molecular formula is C10H11FN2O4. The van der Waals surface area contributed by atoms with Gasteiger partial charge >= 0.3 is 5.69 Å². The molecule has 0 unspecified atom stereocenters. The minimum absolute atomic E-state index is 0.0458. The molecule has 1 N–H and O–H groups in total. The lowest BCUT2D eigenvalue weighted by molar-refractivity contribution is -0.385. The van der Waals surface area contributed by atoms with E-state index in [0.29, 0.717) is 0 Å². The molecule has 92 valence electrons. The number of nitro benzene ring substituents is 1. The number of hydrogen-bond donors (Lipinski definition) is 1. The monoisotopic (exact) mass is 242 g/mol. The van der Waals surface area contributed by atoms with Gasteiger partial charge < -0.3 is 10.1 Å². The minimum Gasteiger partial charge on any atom is -0.486 e. The van der Waals surface area contributed by atoms with Crippen LogP contribution in [0.25, 0.3) is 0 Å². The first-order valence-electron chi connectivity index (χ1n) is 4.82. The lowest BCUT2D eigenvalue weighted by atomic mass is 10.3. The molecule has 0 bridgehead atoms. The van der Waals surface area contributed by atoms with Crippen LogP contribution in [0.2, 0.25) is 0 Å². The second kappa shape index (κ2) is 5.78. The van der Waals surface area contributed by atoms with E-state index in [9.17, 15) is 19.3 Å². The van der Waals surface area contributed by atoms with E-state index in [0.717, 1.165) is 18.2 Å². The van der Waals surface area contributed by atoms with Crippen molar-refractivity contribution in [3.63, 3.8) is 0 Å². The lowest BCUT2D eigenvalue weighted by Crippen LogP contribution is -2.20. The highest BCUT2D eigenvalue weighted by atomic mass is 19.1. The molecule has 0 aliphatic rings. The van der Waals surface area contributed by atoms with E-state index >= 15 is 0 Å². The van der Waals surface area contributed by atoms with Crippen molar-refractivity contribution in [2.24, 2.45) is 0 Å². The van der Waals surface area contributed by atoms with Crippen molar-refractivity contribution in [1.29, 1.82) is 0 Å². The zero-order chi connectivity index (χ0) is 12.8. The Labute approximate surface area is 96.5 Å². The van der Waals surface area contributed by atoms with Gasteiger partial charge in [0.15, 0.2) is 5.75 Å². The molecule has 0 spiro atoms. The summed E-state index contributed by atoms with van der Waals surface area (Å²) in [6.07, 6.45) is 0.0458. The van der Waals surface area contributed by atoms with Gasteiger partial charge in [-0.25, -0.2) is 4.39 Å². The zero-order valence-corrected chi connectivity index (χ0v) is 9.10. The molecule has 0 saturated heterocycles.